The third-order valence-corrected chi connectivity index (χ3v) is 4.79. The van der Waals surface area contributed by atoms with Crippen LogP contribution in [0.25, 0.3) is 0 Å². The lowest BCUT2D eigenvalue weighted by Crippen LogP contribution is -2.32. The van der Waals surface area contributed by atoms with E-state index in [-0.39, 0.29) is 11.1 Å². The lowest BCUT2D eigenvalue weighted by molar-refractivity contribution is 0.498. The molecule has 0 aromatic carbocycles. The molecule has 7 nitrogen and oxygen atoms in total. The van der Waals surface area contributed by atoms with Gasteiger partial charge in [-0.25, -0.2) is 18.4 Å². The summed E-state index contributed by atoms with van der Waals surface area (Å²) in [7, 11) is -0.0147. The fourth-order valence-electron chi connectivity index (χ4n) is 2.22. The molecule has 1 N–H and O–H groups in total. The zero-order chi connectivity index (χ0) is 14.3. The van der Waals surface area contributed by atoms with E-state index in [4.69, 9.17) is 0 Å². The van der Waals surface area contributed by atoms with E-state index < -0.39 is 10.0 Å². The third kappa shape index (κ3) is 2.48. The van der Waals surface area contributed by atoms with Crippen molar-refractivity contribution in [1.29, 1.82) is 0 Å². The van der Waals surface area contributed by atoms with Crippen LogP contribution in [0.1, 0.15) is 24.7 Å². The predicted molar refractivity (Wildman–Crippen MR) is 72.2 cm³/mol. The van der Waals surface area contributed by atoms with Gasteiger partial charge in [-0.2, -0.15) is 4.72 Å². The maximum absolute atomic E-state index is 12.4. The van der Waals surface area contributed by atoms with Gasteiger partial charge in [0.15, 0.2) is 5.03 Å². The lowest BCUT2D eigenvalue weighted by atomic mass is 10.2. The highest BCUT2D eigenvalue weighted by atomic mass is 32.2. The van der Waals surface area contributed by atoms with E-state index in [0.717, 1.165) is 18.7 Å². The molecule has 1 aliphatic rings. The zero-order valence-corrected chi connectivity index (χ0v) is 12.2. The first-order valence-corrected chi connectivity index (χ1v) is 7.93. The van der Waals surface area contributed by atoms with Crippen LogP contribution in [0.2, 0.25) is 0 Å². The summed E-state index contributed by atoms with van der Waals surface area (Å²) < 4.78 is 30.9. The Morgan fingerprint density at radius 2 is 2.10 bits per heavy atom. The van der Waals surface area contributed by atoms with E-state index in [1.807, 2.05) is 17.8 Å². The summed E-state index contributed by atoms with van der Waals surface area (Å²) >= 11 is 0. The minimum absolute atomic E-state index is 0.0415. The zero-order valence-electron chi connectivity index (χ0n) is 11.4. The van der Waals surface area contributed by atoms with Gasteiger partial charge in [-0.3, -0.25) is 0 Å². The van der Waals surface area contributed by atoms with Crippen molar-refractivity contribution >= 4 is 10.0 Å². The van der Waals surface area contributed by atoms with E-state index in [0.29, 0.717) is 5.92 Å². The molecule has 1 fully saturated rings. The Bertz CT molecular complexity index is 714. The fraction of sp³-hybridized carbons (Fsp3) is 0.500. The van der Waals surface area contributed by atoms with E-state index >= 15 is 0 Å². The van der Waals surface area contributed by atoms with Gasteiger partial charge in [-0.05, 0) is 18.8 Å². The Labute approximate surface area is 117 Å². The summed E-state index contributed by atoms with van der Waals surface area (Å²) in [5.41, 5.74) is 0. The fourth-order valence-corrected chi connectivity index (χ4v) is 3.47. The second-order valence-corrected chi connectivity index (χ2v) is 6.87. The number of rotatable bonds is 5. The number of hydrogen-bond acceptors (Lipinski definition) is 4. The van der Waals surface area contributed by atoms with Crippen LogP contribution in [-0.4, -0.2) is 27.5 Å². The molecule has 1 atom stereocenters. The first kappa shape index (κ1) is 13.3. The van der Waals surface area contributed by atoms with Crippen molar-refractivity contribution in [2.75, 3.05) is 0 Å². The topological polar surface area (TPSA) is 81.8 Å². The van der Waals surface area contributed by atoms with Crippen LogP contribution in [0.4, 0.5) is 0 Å². The molecule has 0 unspecified atom stereocenters. The Morgan fingerprint density at radius 3 is 2.60 bits per heavy atom. The van der Waals surface area contributed by atoms with Gasteiger partial charge in [-0.1, -0.05) is 0 Å². The van der Waals surface area contributed by atoms with Crippen LogP contribution in [-0.2, 0) is 24.1 Å². The Kier molecular flexibility index (Phi) is 3.14. The van der Waals surface area contributed by atoms with Crippen molar-refractivity contribution in [3.05, 3.63) is 30.7 Å². The maximum atomic E-state index is 12.4. The van der Waals surface area contributed by atoms with Crippen molar-refractivity contribution < 1.29 is 8.42 Å². The highest BCUT2D eigenvalue weighted by Crippen LogP contribution is 2.41. The highest BCUT2D eigenvalue weighted by molar-refractivity contribution is 7.89. The van der Waals surface area contributed by atoms with Crippen molar-refractivity contribution in [2.45, 2.75) is 23.9 Å². The molecule has 0 bridgehead atoms. The molecule has 8 heteroatoms. The van der Waals surface area contributed by atoms with Gasteiger partial charge in [0.1, 0.15) is 5.82 Å². The highest BCUT2D eigenvalue weighted by Gasteiger charge is 2.38. The molecule has 1 aliphatic carbocycles. The van der Waals surface area contributed by atoms with Crippen molar-refractivity contribution in [2.24, 2.45) is 20.0 Å². The predicted octanol–water partition coefficient (Wildman–Crippen LogP) is 0.583. The summed E-state index contributed by atoms with van der Waals surface area (Å²) in [6.07, 6.45) is 8.50. The standard InChI is InChI=1S/C12H17N5O2S/c1-16-7-10(14-8-16)20(18,19)15-11(9-3-4-9)12-13-5-6-17(12)2/h5-9,11,15H,3-4H2,1-2H3/t11-/m1/s1. The summed E-state index contributed by atoms with van der Waals surface area (Å²) in [4.78, 5) is 8.18. The molecule has 0 spiro atoms. The van der Waals surface area contributed by atoms with Crippen LogP contribution in [0.15, 0.2) is 29.9 Å². The van der Waals surface area contributed by atoms with Gasteiger partial charge in [0.25, 0.3) is 10.0 Å². The summed E-state index contributed by atoms with van der Waals surface area (Å²) in [5, 5.41) is 0.0415. The smallest absolute Gasteiger partial charge is 0.260 e. The lowest BCUT2D eigenvalue weighted by Gasteiger charge is -2.17. The summed E-state index contributed by atoms with van der Waals surface area (Å²) in [6.45, 7) is 0. The van der Waals surface area contributed by atoms with Gasteiger partial charge in [0, 0.05) is 32.7 Å². The molecule has 0 radical (unpaired) electrons. The van der Waals surface area contributed by atoms with Gasteiger partial charge in [0.2, 0.25) is 0 Å². The number of aryl methyl sites for hydroxylation is 2. The summed E-state index contributed by atoms with van der Waals surface area (Å²) in [6, 6.07) is -0.290. The van der Waals surface area contributed by atoms with Crippen LogP contribution in [0.5, 0.6) is 0 Å². The van der Waals surface area contributed by atoms with Crippen LogP contribution < -0.4 is 4.72 Å². The molecule has 1 saturated carbocycles. The molecule has 2 aromatic heterocycles. The van der Waals surface area contributed by atoms with Crippen LogP contribution >= 0.6 is 0 Å². The quantitative estimate of drug-likeness (QED) is 0.875. The van der Waals surface area contributed by atoms with E-state index in [1.54, 1.807) is 17.8 Å². The second-order valence-electron chi connectivity index (χ2n) is 5.21. The van der Waals surface area contributed by atoms with E-state index in [2.05, 4.69) is 14.7 Å². The number of nitrogens with one attached hydrogen (secondary N) is 1. The average molecular weight is 295 g/mol. The van der Waals surface area contributed by atoms with Gasteiger partial charge < -0.3 is 9.13 Å². The summed E-state index contributed by atoms with van der Waals surface area (Å²) in [5.74, 6) is 1.06. The SMILES string of the molecule is Cn1cnc(S(=O)(=O)N[C@@H](c2nccn2C)C2CC2)c1. The Hall–Kier alpha value is -1.67. The largest absolute Gasteiger partial charge is 0.339 e. The van der Waals surface area contributed by atoms with E-state index in [9.17, 15) is 8.42 Å². The maximum Gasteiger partial charge on any atom is 0.260 e. The normalized spacial score (nSPS) is 17.3. The number of hydrogen-bond donors (Lipinski definition) is 1. The van der Waals surface area contributed by atoms with Gasteiger partial charge in [0.05, 0.1) is 12.4 Å². The first-order chi connectivity index (χ1) is 9.47. The van der Waals surface area contributed by atoms with Crippen LogP contribution in [0, 0.1) is 5.92 Å². The molecule has 2 heterocycles. The molecular formula is C12H17N5O2S. The third-order valence-electron chi connectivity index (χ3n) is 3.47. The van der Waals surface area contributed by atoms with Crippen LogP contribution in [0.3, 0.4) is 0 Å². The molecule has 2 aromatic rings. The number of nitrogens with zero attached hydrogens (tertiary/aromatic N) is 4. The minimum atomic E-state index is -3.62. The molecule has 0 saturated heterocycles. The van der Waals surface area contributed by atoms with Gasteiger partial charge in [-0.15, -0.1) is 0 Å². The minimum Gasteiger partial charge on any atom is -0.339 e. The number of sulfonamides is 1. The first-order valence-electron chi connectivity index (χ1n) is 6.45. The van der Waals surface area contributed by atoms with Crippen molar-refractivity contribution in [3.63, 3.8) is 0 Å². The molecule has 3 rings (SSSR count). The molecule has 0 aliphatic heterocycles. The number of aromatic nitrogens is 4. The molecule has 108 valence electrons. The number of imidazole rings is 2. The molecule has 0 amide bonds. The second kappa shape index (κ2) is 4.71. The Balaban J connectivity index is 1.89. The average Bonchev–Trinajstić information content (AvgIpc) is 2.99. The molecule has 20 heavy (non-hydrogen) atoms. The molecular weight excluding hydrogens is 278 g/mol. The van der Waals surface area contributed by atoms with Crippen molar-refractivity contribution in [3.8, 4) is 0 Å². The van der Waals surface area contributed by atoms with Crippen molar-refractivity contribution in [1.82, 2.24) is 23.8 Å². The van der Waals surface area contributed by atoms with Gasteiger partial charge >= 0.3 is 0 Å². The monoisotopic (exact) mass is 295 g/mol. The van der Waals surface area contributed by atoms with E-state index in [1.165, 1.54) is 12.5 Å². The Morgan fingerprint density at radius 1 is 1.35 bits per heavy atom.